The van der Waals surface area contributed by atoms with E-state index in [9.17, 15) is 0 Å². The maximum absolute atomic E-state index is 2.41. The summed E-state index contributed by atoms with van der Waals surface area (Å²) in [7, 11) is 0. The molecule has 0 N–H and O–H groups in total. The summed E-state index contributed by atoms with van der Waals surface area (Å²) in [5, 5.41) is 8.45. The van der Waals surface area contributed by atoms with E-state index in [1.54, 1.807) is 0 Å². The third kappa shape index (κ3) is 2.71. The Morgan fingerprint density at radius 1 is 0.318 bits per heavy atom. The van der Waals surface area contributed by atoms with Gasteiger partial charge in [0.1, 0.15) is 0 Å². The van der Waals surface area contributed by atoms with Gasteiger partial charge in [0.2, 0.25) is 0 Å². The Hall–Kier alpha value is -5.46. The molecule has 3 aliphatic rings. The zero-order valence-electron chi connectivity index (χ0n) is 24.1. The van der Waals surface area contributed by atoms with Gasteiger partial charge in [-0.3, -0.25) is 0 Å². The Bertz CT molecular complexity index is 2390. The molecule has 0 radical (unpaired) electrons. The van der Waals surface area contributed by atoms with Crippen LogP contribution in [-0.4, -0.2) is 0 Å². The van der Waals surface area contributed by atoms with Crippen molar-refractivity contribution in [2.45, 2.75) is 12.8 Å². The zero-order chi connectivity index (χ0) is 28.5. The van der Waals surface area contributed by atoms with Gasteiger partial charge in [0.25, 0.3) is 0 Å². The Morgan fingerprint density at radius 2 is 0.750 bits per heavy atom. The van der Waals surface area contributed by atoms with E-state index in [4.69, 9.17) is 0 Å². The van der Waals surface area contributed by atoms with Crippen LogP contribution in [0.2, 0.25) is 0 Å². The lowest BCUT2D eigenvalue weighted by atomic mass is 9.82. The molecule has 11 rings (SSSR count). The molecule has 0 aliphatic heterocycles. The Balaban J connectivity index is 1.40. The van der Waals surface area contributed by atoms with E-state index in [1.807, 2.05) is 0 Å². The van der Waals surface area contributed by atoms with E-state index >= 15 is 0 Å². The lowest BCUT2D eigenvalue weighted by molar-refractivity contribution is 1.25. The molecule has 202 valence electrons. The number of benzene rings is 8. The highest BCUT2D eigenvalue weighted by Crippen LogP contribution is 2.62. The lowest BCUT2D eigenvalue weighted by Crippen LogP contribution is -1.96. The third-order valence-electron chi connectivity index (χ3n) is 10.6. The van der Waals surface area contributed by atoms with Gasteiger partial charge in [-0.15, -0.1) is 0 Å². The molecule has 0 amide bonds. The number of hydrogen-bond donors (Lipinski definition) is 0. The molecule has 0 saturated carbocycles. The number of hydrogen-bond acceptors (Lipinski definition) is 0. The van der Waals surface area contributed by atoms with Crippen LogP contribution in [-0.2, 0) is 12.8 Å². The van der Waals surface area contributed by atoms with Gasteiger partial charge >= 0.3 is 0 Å². The predicted octanol–water partition coefficient (Wildman–Crippen LogP) is 11.6. The van der Waals surface area contributed by atoms with E-state index < -0.39 is 0 Å². The van der Waals surface area contributed by atoms with Gasteiger partial charge in [0.15, 0.2) is 0 Å². The van der Waals surface area contributed by atoms with Crippen LogP contribution in [0.4, 0.5) is 0 Å². The van der Waals surface area contributed by atoms with Gasteiger partial charge in [0, 0.05) is 0 Å². The van der Waals surface area contributed by atoms with Crippen LogP contribution in [0.5, 0.6) is 0 Å². The summed E-state index contributed by atoms with van der Waals surface area (Å²) in [6.07, 6.45) is 1.95. The minimum atomic E-state index is 0.977. The fourth-order valence-electron chi connectivity index (χ4n) is 9.00. The summed E-state index contributed by atoms with van der Waals surface area (Å²) in [6.45, 7) is 0. The first-order valence-electron chi connectivity index (χ1n) is 15.7. The first-order valence-corrected chi connectivity index (χ1v) is 15.7. The van der Waals surface area contributed by atoms with Crippen molar-refractivity contribution in [1.82, 2.24) is 0 Å². The average molecular weight is 555 g/mol. The molecular formula is C44H26. The first-order chi connectivity index (χ1) is 21.9. The van der Waals surface area contributed by atoms with E-state index in [2.05, 4.69) is 133 Å². The predicted molar refractivity (Wildman–Crippen MR) is 185 cm³/mol. The second-order valence-corrected chi connectivity index (χ2v) is 12.7. The Labute approximate surface area is 255 Å². The molecule has 0 heteroatoms. The molecular weight excluding hydrogens is 528 g/mol. The molecule has 0 spiro atoms. The zero-order valence-corrected chi connectivity index (χ0v) is 24.1. The standard InChI is InChI=1S/C44H26/c1-3-11-25(12-4-1)36-32-21-19-27-20-22-33-37(26-13-5-2-6-14-26)40-31-18-10-8-16-29(31)24-35(40)44-42(33)38(27)41(32)43(44)34-23-28-15-7-9-17-30(28)39(34)36/h1-22H,23-24H2. The summed E-state index contributed by atoms with van der Waals surface area (Å²) >= 11 is 0. The second-order valence-electron chi connectivity index (χ2n) is 12.7. The van der Waals surface area contributed by atoms with Gasteiger partial charge < -0.3 is 0 Å². The van der Waals surface area contributed by atoms with Crippen LogP contribution in [0.15, 0.2) is 133 Å². The molecule has 0 atom stereocenters. The summed E-state index contributed by atoms with van der Waals surface area (Å²) < 4.78 is 0. The third-order valence-corrected chi connectivity index (χ3v) is 10.6. The largest absolute Gasteiger partial charge is 0.0622 e. The van der Waals surface area contributed by atoms with Crippen molar-refractivity contribution in [3.05, 3.63) is 156 Å². The Morgan fingerprint density at radius 3 is 1.23 bits per heavy atom. The first kappa shape index (κ1) is 23.1. The highest BCUT2D eigenvalue weighted by molar-refractivity contribution is 6.38. The van der Waals surface area contributed by atoms with Crippen molar-refractivity contribution in [1.29, 1.82) is 0 Å². The molecule has 0 bridgehead atoms. The number of fused-ring (bicyclic) bond motifs is 9. The summed E-state index contributed by atoms with van der Waals surface area (Å²) in [6, 6.07) is 50.0. The highest BCUT2D eigenvalue weighted by Gasteiger charge is 2.37. The topological polar surface area (TPSA) is 0 Å². The van der Waals surface area contributed by atoms with E-state index in [1.165, 1.54) is 110 Å². The molecule has 0 heterocycles. The monoisotopic (exact) mass is 554 g/mol. The van der Waals surface area contributed by atoms with Crippen molar-refractivity contribution >= 4 is 32.3 Å². The summed E-state index contributed by atoms with van der Waals surface area (Å²) in [5.41, 5.74) is 19.9. The van der Waals surface area contributed by atoms with E-state index in [0.717, 1.165) is 12.8 Å². The van der Waals surface area contributed by atoms with Gasteiger partial charge in [-0.05, 0) is 123 Å². The molecule has 0 unspecified atom stereocenters. The minimum Gasteiger partial charge on any atom is -0.0622 e. The normalized spacial score (nSPS) is 13.3. The molecule has 0 fully saturated rings. The van der Waals surface area contributed by atoms with Crippen LogP contribution in [0.25, 0.3) is 88.0 Å². The van der Waals surface area contributed by atoms with E-state index in [0.29, 0.717) is 0 Å². The van der Waals surface area contributed by atoms with Crippen molar-refractivity contribution < 1.29 is 0 Å². The molecule has 0 nitrogen and oxygen atoms in total. The summed E-state index contributed by atoms with van der Waals surface area (Å²) in [4.78, 5) is 0. The van der Waals surface area contributed by atoms with Gasteiger partial charge in [-0.1, -0.05) is 133 Å². The SMILES string of the molecule is c1ccc(-c2c3c(c4c5c2ccc2ccc6c(-c7ccccc7)c7c(c-4c6c25)Cc2ccccc2-7)Cc2ccccc2-3)cc1. The van der Waals surface area contributed by atoms with Crippen molar-refractivity contribution in [2.24, 2.45) is 0 Å². The van der Waals surface area contributed by atoms with Crippen molar-refractivity contribution in [3.8, 4) is 55.6 Å². The van der Waals surface area contributed by atoms with Crippen molar-refractivity contribution in [2.75, 3.05) is 0 Å². The lowest BCUT2D eigenvalue weighted by Gasteiger charge is -2.20. The average Bonchev–Trinajstić information content (AvgIpc) is 3.77. The van der Waals surface area contributed by atoms with Crippen LogP contribution in [0.3, 0.4) is 0 Å². The molecule has 0 saturated heterocycles. The Kier molecular flexibility index (Phi) is 4.26. The molecule has 0 aromatic heterocycles. The maximum Gasteiger partial charge on any atom is -0.000682 e. The van der Waals surface area contributed by atoms with E-state index in [-0.39, 0.29) is 0 Å². The van der Waals surface area contributed by atoms with Gasteiger partial charge in [0.05, 0.1) is 0 Å². The van der Waals surface area contributed by atoms with Crippen LogP contribution < -0.4 is 0 Å². The van der Waals surface area contributed by atoms with Crippen LogP contribution in [0, 0.1) is 0 Å². The fourth-order valence-corrected chi connectivity index (χ4v) is 9.00. The van der Waals surface area contributed by atoms with Gasteiger partial charge in [-0.2, -0.15) is 0 Å². The fraction of sp³-hybridized carbons (Fsp3) is 0.0455. The highest BCUT2D eigenvalue weighted by atomic mass is 14.4. The van der Waals surface area contributed by atoms with Crippen LogP contribution >= 0.6 is 0 Å². The number of rotatable bonds is 2. The smallest absolute Gasteiger partial charge is 0.000682 e. The minimum absolute atomic E-state index is 0.977. The van der Waals surface area contributed by atoms with Crippen molar-refractivity contribution in [3.63, 3.8) is 0 Å². The molecule has 8 aromatic rings. The van der Waals surface area contributed by atoms with Gasteiger partial charge in [-0.25, -0.2) is 0 Å². The molecule has 44 heavy (non-hydrogen) atoms. The molecule has 3 aliphatic carbocycles. The molecule has 8 aromatic carbocycles. The van der Waals surface area contributed by atoms with Crippen LogP contribution in [0.1, 0.15) is 22.3 Å². The quantitative estimate of drug-likeness (QED) is 0.186. The second kappa shape index (κ2) is 8.13. The maximum atomic E-state index is 2.41. The summed E-state index contributed by atoms with van der Waals surface area (Å²) in [5.74, 6) is 0.